The van der Waals surface area contributed by atoms with Crippen molar-refractivity contribution in [3.63, 3.8) is 0 Å². The number of rotatable bonds is 4. The summed E-state index contributed by atoms with van der Waals surface area (Å²) < 4.78 is 0. The van der Waals surface area contributed by atoms with Crippen molar-refractivity contribution in [2.45, 2.75) is 94.2 Å². The van der Waals surface area contributed by atoms with Crippen LogP contribution in [0.15, 0.2) is 49.6 Å². The first-order chi connectivity index (χ1) is 19.2. The second kappa shape index (κ2) is 11.9. The monoisotopic (exact) mass is 564 g/mol. The fourth-order valence-corrected chi connectivity index (χ4v) is 5.08. The van der Waals surface area contributed by atoms with E-state index in [4.69, 9.17) is 9.97 Å². The zero-order chi connectivity index (χ0) is 31.9. The van der Waals surface area contributed by atoms with E-state index in [-0.39, 0.29) is 11.1 Å². The quantitative estimate of drug-likeness (QED) is 0.247. The minimum absolute atomic E-state index is 0.0385. The maximum atomic E-state index is 4.72. The number of hydrogen-bond acceptors (Lipinski definition) is 4. The molecule has 4 rings (SSSR count). The van der Waals surface area contributed by atoms with Gasteiger partial charge in [0.05, 0.1) is 11.0 Å². The summed E-state index contributed by atoms with van der Waals surface area (Å²) in [7, 11) is 4.22. The highest BCUT2D eigenvalue weighted by Gasteiger charge is 2.24. The lowest BCUT2D eigenvalue weighted by Gasteiger charge is -2.36. The smallest absolute Gasteiger partial charge is 0.0712 e. The van der Waals surface area contributed by atoms with E-state index < -0.39 is 0 Å². The first-order valence-corrected chi connectivity index (χ1v) is 14.9. The van der Waals surface area contributed by atoms with E-state index in [0.29, 0.717) is 0 Å². The van der Waals surface area contributed by atoms with E-state index in [2.05, 4.69) is 157 Å². The average Bonchev–Trinajstić information content (AvgIpc) is 2.88. The Kier molecular flexibility index (Phi) is 9.32. The molecular formula is C38H52N4. The zero-order valence-corrected chi connectivity index (χ0v) is 28.7. The van der Waals surface area contributed by atoms with E-state index in [1.807, 2.05) is 0 Å². The van der Waals surface area contributed by atoms with Crippen LogP contribution in [0.1, 0.15) is 86.3 Å². The summed E-state index contributed by atoms with van der Waals surface area (Å²) in [6, 6.07) is 12.9. The van der Waals surface area contributed by atoms with Crippen molar-refractivity contribution >= 4 is 33.2 Å². The molecule has 0 saturated carbocycles. The second-order valence-electron chi connectivity index (χ2n) is 13.8. The van der Waals surface area contributed by atoms with E-state index in [9.17, 15) is 0 Å². The molecule has 0 amide bonds. The molecule has 0 aliphatic rings. The van der Waals surface area contributed by atoms with Crippen LogP contribution in [-0.2, 0) is 0 Å². The number of pyridine rings is 2. The molecule has 4 nitrogen and oxygen atoms in total. The fraction of sp³-hybridized carbons (Fsp3) is 0.421. The topological polar surface area (TPSA) is 32.3 Å². The fourth-order valence-electron chi connectivity index (χ4n) is 5.08. The molecule has 0 aliphatic heterocycles. The summed E-state index contributed by atoms with van der Waals surface area (Å²) in [6.45, 7) is 34.6. The second-order valence-corrected chi connectivity index (χ2v) is 13.8. The van der Waals surface area contributed by atoms with Crippen molar-refractivity contribution in [2.24, 2.45) is 0 Å². The normalized spacial score (nSPS) is 11.8. The molecule has 0 aliphatic carbocycles. The molecule has 0 radical (unpaired) electrons. The van der Waals surface area contributed by atoms with E-state index in [0.717, 1.165) is 33.8 Å². The third-order valence-corrected chi connectivity index (χ3v) is 8.65. The molecule has 42 heavy (non-hydrogen) atoms. The average molecular weight is 565 g/mol. The largest absolute Gasteiger partial charge is 0.370 e. The van der Waals surface area contributed by atoms with Gasteiger partial charge >= 0.3 is 0 Å². The van der Waals surface area contributed by atoms with Crippen molar-refractivity contribution in [3.05, 3.63) is 94.3 Å². The lowest BCUT2D eigenvalue weighted by molar-refractivity contribution is 0.266. The number of nitrogens with zero attached hydrogens (tertiary/aromatic N) is 4. The minimum atomic E-state index is 0.0385. The van der Waals surface area contributed by atoms with Gasteiger partial charge in [0.1, 0.15) is 0 Å². The molecule has 2 aromatic heterocycles. The molecule has 0 atom stereocenters. The van der Waals surface area contributed by atoms with E-state index in [1.54, 1.807) is 0 Å². The maximum absolute atomic E-state index is 4.72. The minimum Gasteiger partial charge on any atom is -0.370 e. The van der Waals surface area contributed by atoms with Crippen LogP contribution in [-0.4, -0.2) is 44.9 Å². The highest BCUT2D eigenvalue weighted by Crippen LogP contribution is 2.34. The van der Waals surface area contributed by atoms with Crippen LogP contribution >= 0.6 is 0 Å². The molecule has 2 aromatic carbocycles. The van der Waals surface area contributed by atoms with Crippen molar-refractivity contribution in [3.8, 4) is 0 Å². The number of fused-ring (bicyclic) bond motifs is 2. The van der Waals surface area contributed by atoms with Gasteiger partial charge in [0.2, 0.25) is 0 Å². The Morgan fingerprint density at radius 2 is 0.881 bits per heavy atom. The SMILES string of the molecule is C=C(c1c(C)c(C)nc2ccc(C)cc12)N(C)C(C)(C)C.C=C(c1c(C)c(C)nc2ccc(C)cc12)N(C)C(C)(C)C. The summed E-state index contributed by atoms with van der Waals surface area (Å²) in [5, 5.41) is 2.39. The number of aryl methyl sites for hydroxylation is 4. The third kappa shape index (κ3) is 6.69. The van der Waals surface area contributed by atoms with Crippen molar-refractivity contribution in [2.75, 3.05) is 14.1 Å². The Morgan fingerprint density at radius 1 is 0.571 bits per heavy atom. The molecule has 4 aromatic rings. The lowest BCUT2D eigenvalue weighted by Crippen LogP contribution is -2.36. The molecule has 0 saturated heterocycles. The van der Waals surface area contributed by atoms with Gasteiger partial charge in [-0.1, -0.05) is 36.4 Å². The third-order valence-electron chi connectivity index (χ3n) is 8.65. The Labute approximate surface area is 255 Å². The standard InChI is InChI=1S/2C19H26N2/c2*1-12-9-10-17-16(11-12)18(13(2)14(3)20-17)15(4)21(8)19(5,6)7/h2*9-11H,4H2,1-3,5-8H3. The molecule has 2 heterocycles. The van der Waals surface area contributed by atoms with Crippen LogP contribution < -0.4 is 0 Å². The first-order valence-electron chi connectivity index (χ1n) is 14.9. The summed E-state index contributed by atoms with van der Waals surface area (Å²) in [5.74, 6) is 0. The predicted octanol–water partition coefficient (Wildman–Crippen LogP) is 9.72. The Hall–Kier alpha value is -3.66. The molecule has 0 spiro atoms. The summed E-state index contributed by atoms with van der Waals surface area (Å²) in [5.41, 5.74) is 13.8. The summed E-state index contributed by atoms with van der Waals surface area (Å²) >= 11 is 0. The zero-order valence-electron chi connectivity index (χ0n) is 28.7. The van der Waals surface area contributed by atoms with Gasteiger partial charge in [-0.15, -0.1) is 0 Å². The van der Waals surface area contributed by atoms with Crippen molar-refractivity contribution in [1.82, 2.24) is 19.8 Å². The van der Waals surface area contributed by atoms with Crippen LogP contribution in [0.4, 0.5) is 0 Å². The first kappa shape index (κ1) is 32.8. The van der Waals surface area contributed by atoms with E-state index >= 15 is 0 Å². The summed E-state index contributed by atoms with van der Waals surface area (Å²) in [6.07, 6.45) is 0. The van der Waals surface area contributed by atoms with Gasteiger partial charge in [-0.05, 0) is 118 Å². The van der Waals surface area contributed by atoms with Gasteiger partial charge in [0, 0.05) is 69.9 Å². The Bertz CT molecular complexity index is 1540. The predicted molar refractivity (Wildman–Crippen MR) is 185 cm³/mol. The molecule has 0 N–H and O–H groups in total. The van der Waals surface area contributed by atoms with Gasteiger partial charge in [0.25, 0.3) is 0 Å². The molecule has 0 bridgehead atoms. The number of aromatic nitrogens is 2. The molecular weight excluding hydrogens is 512 g/mol. The summed E-state index contributed by atoms with van der Waals surface area (Å²) in [4.78, 5) is 13.9. The maximum Gasteiger partial charge on any atom is 0.0712 e. The highest BCUT2D eigenvalue weighted by molar-refractivity contribution is 5.94. The van der Waals surface area contributed by atoms with Gasteiger partial charge in [-0.3, -0.25) is 9.97 Å². The van der Waals surface area contributed by atoms with Crippen LogP contribution in [0.3, 0.4) is 0 Å². The molecule has 0 fully saturated rings. The van der Waals surface area contributed by atoms with Crippen molar-refractivity contribution < 1.29 is 0 Å². The van der Waals surface area contributed by atoms with Gasteiger partial charge in [-0.2, -0.15) is 0 Å². The van der Waals surface area contributed by atoms with Gasteiger partial charge in [-0.25, -0.2) is 0 Å². The number of hydrogen-bond donors (Lipinski definition) is 0. The van der Waals surface area contributed by atoms with E-state index in [1.165, 1.54) is 44.2 Å². The van der Waals surface area contributed by atoms with Crippen LogP contribution in [0, 0.1) is 41.5 Å². The highest BCUT2D eigenvalue weighted by atomic mass is 15.2. The van der Waals surface area contributed by atoms with Crippen LogP contribution in [0.2, 0.25) is 0 Å². The Balaban J connectivity index is 0.000000230. The van der Waals surface area contributed by atoms with Gasteiger partial charge < -0.3 is 9.80 Å². The molecule has 0 unspecified atom stereocenters. The molecule has 224 valence electrons. The van der Waals surface area contributed by atoms with Crippen LogP contribution in [0.25, 0.3) is 33.2 Å². The lowest BCUT2D eigenvalue weighted by atomic mass is 9.95. The Morgan fingerprint density at radius 3 is 1.17 bits per heavy atom. The van der Waals surface area contributed by atoms with Crippen molar-refractivity contribution in [1.29, 1.82) is 0 Å². The van der Waals surface area contributed by atoms with Gasteiger partial charge in [0.15, 0.2) is 0 Å². The molecule has 4 heteroatoms. The number of benzene rings is 2. The van der Waals surface area contributed by atoms with Crippen LogP contribution in [0.5, 0.6) is 0 Å².